The first kappa shape index (κ1) is 4.94. The molecule has 5 aromatic carbocycles. The van der Waals surface area contributed by atoms with E-state index in [1.54, 1.807) is 0 Å². The molecule has 0 N–H and O–H groups in total. The number of rotatable bonds is 1. The van der Waals surface area contributed by atoms with E-state index < -0.39 is 140 Å². The molecule has 0 spiro atoms. The maximum absolute atomic E-state index is 8.80. The summed E-state index contributed by atoms with van der Waals surface area (Å²) in [5, 5.41) is -2.60. The van der Waals surface area contributed by atoms with E-state index in [0.717, 1.165) is 0 Å². The lowest BCUT2D eigenvalue weighted by atomic mass is 9.89. The Balaban J connectivity index is 2.33. The predicted octanol–water partition coefficient (Wildman–Crippen LogP) is 6.81. The maximum Gasteiger partial charge on any atom is 0.0636 e. The highest BCUT2D eigenvalue weighted by atomic mass is 14.1. The second-order valence-electron chi connectivity index (χ2n) is 5.00. The summed E-state index contributed by atoms with van der Waals surface area (Å²) >= 11 is 0. The molecule has 0 radical (unpaired) electrons. The standard InChI is InChI=1S/C24H16/c1-4-12-20-17(8-1)11-7-15-23(20)24-21-13-5-2-9-18(21)16-19-10-3-6-14-22(19)24/h1-16H/i1D,2D,3D,4D,5D,6D,7D,8D,9D,10D,11D,12D,13D,14D,15D,16D. The fourth-order valence-corrected chi connectivity index (χ4v) is 2.69. The highest BCUT2D eigenvalue weighted by molar-refractivity contribution is 6.16. The van der Waals surface area contributed by atoms with Gasteiger partial charge in [-0.1, -0.05) is 90.6 Å². The first-order chi connectivity index (χ1) is 18.6. The zero-order chi connectivity index (χ0) is 29.9. The number of benzene rings is 5. The molecule has 0 heterocycles. The van der Waals surface area contributed by atoms with Gasteiger partial charge in [-0.15, -0.1) is 0 Å². The van der Waals surface area contributed by atoms with Crippen LogP contribution in [0.3, 0.4) is 0 Å². The van der Waals surface area contributed by atoms with E-state index in [-0.39, 0.29) is 0 Å². The van der Waals surface area contributed by atoms with Crippen LogP contribution in [-0.4, -0.2) is 0 Å². The van der Waals surface area contributed by atoms with Crippen LogP contribution in [0, 0.1) is 0 Å². The van der Waals surface area contributed by atoms with Gasteiger partial charge in [0.25, 0.3) is 0 Å². The van der Waals surface area contributed by atoms with Gasteiger partial charge >= 0.3 is 0 Å². The van der Waals surface area contributed by atoms with Gasteiger partial charge in [-0.25, -0.2) is 0 Å². The average Bonchev–Trinajstić information content (AvgIpc) is 2.92. The van der Waals surface area contributed by atoms with E-state index in [0.29, 0.717) is 0 Å². The molecule has 0 aliphatic rings. The van der Waals surface area contributed by atoms with Gasteiger partial charge in [0.1, 0.15) is 0 Å². The lowest BCUT2D eigenvalue weighted by Crippen LogP contribution is -1.87. The molecule has 0 aromatic heterocycles. The van der Waals surface area contributed by atoms with Crippen molar-refractivity contribution in [3.8, 4) is 11.1 Å². The van der Waals surface area contributed by atoms with Crippen molar-refractivity contribution in [2.45, 2.75) is 0 Å². The van der Waals surface area contributed by atoms with Crippen molar-refractivity contribution in [2.75, 3.05) is 0 Å². The van der Waals surface area contributed by atoms with Gasteiger partial charge in [0.2, 0.25) is 0 Å². The Hall–Kier alpha value is -3.12. The summed E-state index contributed by atoms with van der Waals surface area (Å²) in [5.41, 5.74) is -0.901. The molecular formula is C24H16. The van der Waals surface area contributed by atoms with Crippen molar-refractivity contribution in [3.63, 3.8) is 0 Å². The summed E-state index contributed by atoms with van der Waals surface area (Å²) in [6, 6.07) is -11.5. The van der Waals surface area contributed by atoms with Crippen LogP contribution in [0.5, 0.6) is 0 Å². The van der Waals surface area contributed by atoms with Gasteiger partial charge in [0, 0.05) is 0 Å². The van der Waals surface area contributed by atoms with Crippen LogP contribution in [0.15, 0.2) is 96.7 Å². The molecule has 0 nitrogen and oxygen atoms in total. The van der Waals surface area contributed by atoms with Crippen LogP contribution in [-0.2, 0) is 0 Å². The van der Waals surface area contributed by atoms with Crippen LogP contribution in [0.25, 0.3) is 43.4 Å². The summed E-state index contributed by atoms with van der Waals surface area (Å²) in [6.45, 7) is 0. The Bertz CT molecular complexity index is 1920. The molecule has 0 fully saturated rings. The minimum absolute atomic E-state index is 0.423. The second kappa shape index (κ2) is 5.21. The molecule has 0 bridgehead atoms. The van der Waals surface area contributed by atoms with Crippen molar-refractivity contribution >= 4 is 32.3 Å². The first-order valence-electron chi connectivity index (χ1n) is 15.0. The molecule has 0 saturated carbocycles. The zero-order valence-corrected chi connectivity index (χ0v) is 12.0. The number of hydrogen-bond donors (Lipinski definition) is 0. The van der Waals surface area contributed by atoms with Gasteiger partial charge in [0.05, 0.1) is 21.9 Å². The lowest BCUT2D eigenvalue weighted by Gasteiger charge is -2.14. The number of hydrogen-bond acceptors (Lipinski definition) is 0. The molecule has 0 aliphatic heterocycles. The predicted molar refractivity (Wildman–Crippen MR) is 104 cm³/mol. The molecule has 0 aliphatic carbocycles. The average molecular weight is 320 g/mol. The fourth-order valence-electron chi connectivity index (χ4n) is 2.69. The van der Waals surface area contributed by atoms with E-state index in [1.807, 2.05) is 0 Å². The van der Waals surface area contributed by atoms with E-state index in [9.17, 15) is 0 Å². The first-order valence-corrected chi connectivity index (χ1v) is 7.00. The Morgan fingerprint density at radius 2 is 0.958 bits per heavy atom. The normalized spacial score (nSPS) is 20.7. The lowest BCUT2D eigenvalue weighted by molar-refractivity contribution is 1.70. The SMILES string of the molecule is [2H]c1c([2H])c([2H])c2c(-c3c4c([2H])c([2H])c([2H])c([2H])c4c([2H])c4c([2H])c([2H])c([2H])c([2H])c34)c([2H])c([2H])c([2H])c2c1[2H]. The Labute approximate surface area is 163 Å². The maximum atomic E-state index is 8.80. The fraction of sp³-hybridized carbons (Fsp3) is 0. The summed E-state index contributed by atoms with van der Waals surface area (Å²) in [6.07, 6.45) is 0. The number of fused-ring (bicyclic) bond motifs is 3. The Kier molecular flexibility index (Phi) is 1.07. The van der Waals surface area contributed by atoms with E-state index in [2.05, 4.69) is 0 Å². The Morgan fingerprint density at radius 3 is 1.62 bits per heavy atom. The summed E-state index contributed by atoms with van der Waals surface area (Å²) in [4.78, 5) is 0. The molecule has 0 heteroatoms. The van der Waals surface area contributed by atoms with Crippen molar-refractivity contribution in [1.82, 2.24) is 0 Å². The third kappa shape index (κ3) is 1.93. The molecule has 0 unspecified atom stereocenters. The Morgan fingerprint density at radius 1 is 0.458 bits per heavy atom. The van der Waals surface area contributed by atoms with Crippen molar-refractivity contribution in [2.24, 2.45) is 0 Å². The highest BCUT2D eigenvalue weighted by Crippen LogP contribution is 2.39. The summed E-state index contributed by atoms with van der Waals surface area (Å²) in [7, 11) is 0. The van der Waals surface area contributed by atoms with Crippen molar-refractivity contribution in [3.05, 3.63) is 96.7 Å². The second-order valence-corrected chi connectivity index (χ2v) is 5.00. The molecule has 5 aromatic rings. The van der Waals surface area contributed by atoms with E-state index in [4.69, 9.17) is 21.9 Å². The smallest absolute Gasteiger partial charge is 0.0616 e. The van der Waals surface area contributed by atoms with Crippen LogP contribution in [0.2, 0.25) is 0 Å². The highest BCUT2D eigenvalue weighted by Gasteiger charge is 2.11. The molecule has 112 valence electrons. The minimum Gasteiger partial charge on any atom is -0.0616 e. The van der Waals surface area contributed by atoms with Gasteiger partial charge in [-0.2, -0.15) is 0 Å². The molecule has 24 heavy (non-hydrogen) atoms. The van der Waals surface area contributed by atoms with E-state index >= 15 is 0 Å². The monoisotopic (exact) mass is 320 g/mol. The molecular weight excluding hydrogens is 288 g/mol. The van der Waals surface area contributed by atoms with Gasteiger partial charge < -0.3 is 0 Å². The minimum atomic E-state index is -0.773. The van der Waals surface area contributed by atoms with E-state index in [1.165, 1.54) is 0 Å². The summed E-state index contributed by atoms with van der Waals surface area (Å²) in [5.74, 6) is 0. The van der Waals surface area contributed by atoms with Crippen LogP contribution >= 0.6 is 0 Å². The van der Waals surface area contributed by atoms with Gasteiger partial charge in [0.15, 0.2) is 0 Å². The quantitative estimate of drug-likeness (QED) is 0.297. The van der Waals surface area contributed by atoms with Crippen molar-refractivity contribution < 1.29 is 21.9 Å². The van der Waals surface area contributed by atoms with Gasteiger partial charge in [-0.05, 0) is 49.5 Å². The molecule has 0 amide bonds. The molecule has 5 rings (SSSR count). The molecule has 0 atom stereocenters. The van der Waals surface area contributed by atoms with Crippen LogP contribution < -0.4 is 0 Å². The van der Waals surface area contributed by atoms with Crippen LogP contribution in [0.1, 0.15) is 21.9 Å². The third-order valence-corrected chi connectivity index (χ3v) is 3.69. The van der Waals surface area contributed by atoms with Gasteiger partial charge in [-0.3, -0.25) is 0 Å². The van der Waals surface area contributed by atoms with Crippen LogP contribution in [0.4, 0.5) is 0 Å². The van der Waals surface area contributed by atoms with Crippen molar-refractivity contribution in [1.29, 1.82) is 0 Å². The largest absolute Gasteiger partial charge is 0.0636 e. The zero-order valence-electron chi connectivity index (χ0n) is 28.0. The molecule has 0 saturated heterocycles. The topological polar surface area (TPSA) is 0 Å². The third-order valence-electron chi connectivity index (χ3n) is 3.69. The summed E-state index contributed by atoms with van der Waals surface area (Å²) < 4.78 is 135.